The van der Waals surface area contributed by atoms with E-state index in [0.717, 1.165) is 16.3 Å². The summed E-state index contributed by atoms with van der Waals surface area (Å²) in [7, 11) is 0. The number of rotatable bonds is 0. The van der Waals surface area contributed by atoms with Gasteiger partial charge in [0.25, 0.3) is 0 Å². The van der Waals surface area contributed by atoms with Crippen LogP contribution in [0.5, 0.6) is 0 Å². The summed E-state index contributed by atoms with van der Waals surface area (Å²) in [6.45, 7) is 1.78. The summed E-state index contributed by atoms with van der Waals surface area (Å²) in [6.07, 6.45) is 0. The number of para-hydroxylation sites is 1. The van der Waals surface area contributed by atoms with Crippen LogP contribution in [0.4, 0.5) is 0 Å². The zero-order valence-electron chi connectivity index (χ0n) is 8.20. The van der Waals surface area contributed by atoms with E-state index in [0.29, 0.717) is 11.3 Å². The highest BCUT2D eigenvalue weighted by molar-refractivity contribution is 6.06. The lowest BCUT2D eigenvalue weighted by Gasteiger charge is -1.91. The molecular formula is C12H9NO2. The Morgan fingerprint density at radius 2 is 2.00 bits per heavy atom. The van der Waals surface area contributed by atoms with E-state index < -0.39 is 0 Å². The van der Waals surface area contributed by atoms with Crippen LogP contribution in [-0.4, -0.2) is 4.98 Å². The third-order valence-corrected chi connectivity index (χ3v) is 2.55. The van der Waals surface area contributed by atoms with Crippen LogP contribution in [0.15, 0.2) is 39.5 Å². The second kappa shape index (κ2) is 2.73. The molecule has 0 saturated carbocycles. The number of aromatic nitrogens is 1. The molecule has 2 aromatic heterocycles. The lowest BCUT2D eigenvalue weighted by Crippen LogP contribution is -1.99. The molecule has 1 aromatic carbocycles. The summed E-state index contributed by atoms with van der Waals surface area (Å²) in [6, 6.07) is 9.72. The average Bonchev–Trinajstić information content (AvgIpc) is 2.57. The third-order valence-electron chi connectivity index (χ3n) is 2.55. The van der Waals surface area contributed by atoms with Gasteiger partial charge < -0.3 is 9.40 Å². The Morgan fingerprint density at radius 1 is 1.20 bits per heavy atom. The van der Waals surface area contributed by atoms with Crippen molar-refractivity contribution in [2.24, 2.45) is 0 Å². The summed E-state index contributed by atoms with van der Waals surface area (Å²) in [5.74, 6) is 0.636. The first-order chi connectivity index (χ1) is 7.25. The Hall–Kier alpha value is -2.03. The maximum Gasteiger partial charge on any atom is 0.360 e. The van der Waals surface area contributed by atoms with Gasteiger partial charge in [-0.2, -0.15) is 0 Å². The molecule has 2 heterocycles. The SMILES string of the molecule is Cc1cc2c([nH]c3ccccc32)c(=O)o1. The Kier molecular flexibility index (Phi) is 1.51. The van der Waals surface area contributed by atoms with Crippen LogP contribution in [0.25, 0.3) is 21.8 Å². The molecule has 15 heavy (non-hydrogen) atoms. The van der Waals surface area contributed by atoms with Crippen molar-refractivity contribution in [2.45, 2.75) is 6.92 Å². The molecule has 0 unspecified atom stereocenters. The van der Waals surface area contributed by atoms with Gasteiger partial charge in [-0.15, -0.1) is 0 Å². The number of aromatic amines is 1. The second-order valence-electron chi connectivity index (χ2n) is 3.60. The van der Waals surface area contributed by atoms with Crippen molar-refractivity contribution in [3.05, 3.63) is 46.5 Å². The quantitative estimate of drug-likeness (QED) is 0.604. The smallest absolute Gasteiger partial charge is 0.360 e. The summed E-state index contributed by atoms with van der Waals surface area (Å²) in [5, 5.41) is 1.99. The van der Waals surface area contributed by atoms with Gasteiger partial charge in [0, 0.05) is 16.3 Å². The molecule has 0 saturated heterocycles. The van der Waals surface area contributed by atoms with Crippen molar-refractivity contribution in [2.75, 3.05) is 0 Å². The first kappa shape index (κ1) is 8.29. The molecule has 0 radical (unpaired) electrons. The average molecular weight is 199 g/mol. The maximum absolute atomic E-state index is 11.6. The van der Waals surface area contributed by atoms with Gasteiger partial charge in [-0.05, 0) is 19.1 Å². The lowest BCUT2D eigenvalue weighted by molar-refractivity contribution is 0.487. The van der Waals surface area contributed by atoms with Crippen molar-refractivity contribution >= 4 is 21.8 Å². The minimum absolute atomic E-state index is 0.304. The fraction of sp³-hybridized carbons (Fsp3) is 0.0833. The van der Waals surface area contributed by atoms with Crippen molar-refractivity contribution in [3.8, 4) is 0 Å². The fourth-order valence-corrected chi connectivity index (χ4v) is 1.90. The highest BCUT2D eigenvalue weighted by Crippen LogP contribution is 2.23. The van der Waals surface area contributed by atoms with Gasteiger partial charge in [0.1, 0.15) is 11.3 Å². The Labute approximate surface area is 85.3 Å². The van der Waals surface area contributed by atoms with E-state index in [4.69, 9.17) is 4.42 Å². The molecule has 74 valence electrons. The highest BCUT2D eigenvalue weighted by Gasteiger charge is 2.08. The highest BCUT2D eigenvalue weighted by atomic mass is 16.4. The fourth-order valence-electron chi connectivity index (χ4n) is 1.90. The van der Waals surface area contributed by atoms with Gasteiger partial charge in [-0.1, -0.05) is 18.2 Å². The molecule has 0 aliphatic carbocycles. The van der Waals surface area contributed by atoms with E-state index in [1.807, 2.05) is 30.3 Å². The monoisotopic (exact) mass is 199 g/mol. The number of H-pyrrole nitrogens is 1. The molecule has 3 nitrogen and oxygen atoms in total. The first-order valence-corrected chi connectivity index (χ1v) is 4.77. The zero-order valence-corrected chi connectivity index (χ0v) is 8.20. The number of hydrogen-bond acceptors (Lipinski definition) is 2. The number of aryl methyl sites for hydroxylation is 1. The molecular weight excluding hydrogens is 190 g/mol. The van der Waals surface area contributed by atoms with E-state index in [-0.39, 0.29) is 5.63 Å². The van der Waals surface area contributed by atoms with Gasteiger partial charge in [0.05, 0.1) is 0 Å². The van der Waals surface area contributed by atoms with E-state index in [9.17, 15) is 4.79 Å². The number of benzene rings is 1. The standard InChI is InChI=1S/C12H9NO2/c1-7-6-9-8-4-2-3-5-10(8)13-11(9)12(14)15-7/h2-6,13H,1H3. The van der Waals surface area contributed by atoms with Gasteiger partial charge in [0.2, 0.25) is 0 Å². The van der Waals surface area contributed by atoms with Crippen molar-refractivity contribution in [1.82, 2.24) is 4.98 Å². The summed E-state index contributed by atoms with van der Waals surface area (Å²) in [5.41, 5.74) is 1.20. The van der Waals surface area contributed by atoms with Crippen molar-refractivity contribution in [3.63, 3.8) is 0 Å². The molecule has 0 spiro atoms. The Balaban J connectivity index is 2.67. The molecule has 0 bridgehead atoms. The van der Waals surface area contributed by atoms with Crippen LogP contribution in [0.2, 0.25) is 0 Å². The van der Waals surface area contributed by atoms with Crippen LogP contribution in [0.1, 0.15) is 5.76 Å². The summed E-state index contributed by atoms with van der Waals surface area (Å²) >= 11 is 0. The van der Waals surface area contributed by atoms with E-state index in [2.05, 4.69) is 4.98 Å². The topological polar surface area (TPSA) is 46.0 Å². The largest absolute Gasteiger partial charge is 0.427 e. The van der Waals surface area contributed by atoms with E-state index in [1.165, 1.54) is 0 Å². The van der Waals surface area contributed by atoms with Gasteiger partial charge in [-0.25, -0.2) is 4.79 Å². The maximum atomic E-state index is 11.6. The van der Waals surface area contributed by atoms with Crippen LogP contribution in [0, 0.1) is 6.92 Å². The Bertz CT molecular complexity index is 706. The molecule has 0 aliphatic heterocycles. The predicted molar refractivity (Wildman–Crippen MR) is 59.1 cm³/mol. The van der Waals surface area contributed by atoms with Gasteiger partial charge >= 0.3 is 5.63 Å². The molecule has 0 aliphatic rings. The predicted octanol–water partition coefficient (Wildman–Crippen LogP) is 2.58. The van der Waals surface area contributed by atoms with Gasteiger partial charge in [-0.3, -0.25) is 0 Å². The van der Waals surface area contributed by atoms with Crippen LogP contribution in [0.3, 0.4) is 0 Å². The molecule has 1 N–H and O–H groups in total. The van der Waals surface area contributed by atoms with Crippen molar-refractivity contribution in [1.29, 1.82) is 0 Å². The Morgan fingerprint density at radius 3 is 2.87 bits per heavy atom. The van der Waals surface area contributed by atoms with E-state index >= 15 is 0 Å². The van der Waals surface area contributed by atoms with Crippen LogP contribution < -0.4 is 5.63 Å². The molecule has 3 aromatic rings. The molecule has 0 atom stereocenters. The summed E-state index contributed by atoms with van der Waals surface area (Å²) < 4.78 is 5.03. The summed E-state index contributed by atoms with van der Waals surface area (Å²) in [4.78, 5) is 14.6. The lowest BCUT2D eigenvalue weighted by atomic mass is 10.2. The normalized spacial score (nSPS) is 11.3. The first-order valence-electron chi connectivity index (χ1n) is 4.77. The minimum atomic E-state index is -0.304. The molecule has 0 fully saturated rings. The zero-order chi connectivity index (χ0) is 10.4. The minimum Gasteiger partial charge on any atom is -0.427 e. The third kappa shape index (κ3) is 1.09. The van der Waals surface area contributed by atoms with Crippen LogP contribution >= 0.6 is 0 Å². The van der Waals surface area contributed by atoms with E-state index in [1.54, 1.807) is 6.92 Å². The molecule has 3 rings (SSSR count). The molecule has 0 amide bonds. The van der Waals surface area contributed by atoms with Crippen LogP contribution in [-0.2, 0) is 0 Å². The second-order valence-corrected chi connectivity index (χ2v) is 3.60. The molecule has 3 heteroatoms. The van der Waals surface area contributed by atoms with Crippen molar-refractivity contribution < 1.29 is 4.42 Å². The number of nitrogens with one attached hydrogen (secondary N) is 1. The van der Waals surface area contributed by atoms with Gasteiger partial charge in [0.15, 0.2) is 0 Å². The number of hydrogen-bond donors (Lipinski definition) is 1. The number of fused-ring (bicyclic) bond motifs is 3.